The van der Waals surface area contributed by atoms with E-state index in [1.807, 2.05) is 6.92 Å². The summed E-state index contributed by atoms with van der Waals surface area (Å²) in [7, 11) is 0. The number of carboxylic acid groups (broad SMARTS) is 1. The van der Waals surface area contributed by atoms with E-state index in [1.165, 1.54) is 6.07 Å². The molecule has 1 aromatic heterocycles. The molecule has 0 amide bonds. The molecular weight excluding hydrogens is 206 g/mol. The maximum atomic E-state index is 11.0. The van der Waals surface area contributed by atoms with Gasteiger partial charge >= 0.3 is 5.97 Å². The first-order valence-electron chi connectivity index (χ1n) is 4.99. The highest BCUT2D eigenvalue weighted by molar-refractivity contribution is 5.94. The molecule has 1 heterocycles. The molecule has 0 saturated heterocycles. The van der Waals surface area contributed by atoms with Crippen molar-refractivity contribution >= 4 is 5.97 Å². The summed E-state index contributed by atoms with van der Waals surface area (Å²) < 4.78 is 5.26. The molecule has 0 aliphatic carbocycles. The zero-order chi connectivity index (χ0) is 11.5. The molecule has 1 aromatic carbocycles. The molecule has 0 saturated carbocycles. The minimum Gasteiger partial charge on any atom is -0.478 e. The average Bonchev–Trinajstić information content (AvgIpc) is 2.77. The van der Waals surface area contributed by atoms with Crippen LogP contribution in [-0.2, 0) is 6.42 Å². The fourth-order valence-corrected chi connectivity index (χ4v) is 1.45. The minimum atomic E-state index is -0.980. The molecule has 2 aromatic rings. The lowest BCUT2D eigenvalue weighted by Crippen LogP contribution is -1.99. The molecule has 1 N–H and O–H groups in total. The number of aryl methyl sites for hydroxylation is 1. The second-order valence-corrected chi connectivity index (χ2v) is 3.35. The molecule has 0 spiro atoms. The Bertz CT molecular complexity index is 516. The third kappa shape index (κ3) is 1.82. The summed E-state index contributed by atoms with van der Waals surface area (Å²) in [6.07, 6.45) is 2.31. The van der Waals surface area contributed by atoms with Crippen molar-refractivity contribution in [2.24, 2.45) is 0 Å². The molecule has 4 heteroatoms. The average molecular weight is 217 g/mol. The summed E-state index contributed by atoms with van der Waals surface area (Å²) in [6.45, 7) is 1.96. The predicted octanol–water partition coefficient (Wildman–Crippen LogP) is 2.60. The molecule has 16 heavy (non-hydrogen) atoms. The number of oxazole rings is 1. The maximum Gasteiger partial charge on any atom is 0.336 e. The van der Waals surface area contributed by atoms with Gasteiger partial charge in [0.15, 0.2) is 0 Å². The molecule has 0 aliphatic rings. The van der Waals surface area contributed by atoms with E-state index in [4.69, 9.17) is 9.52 Å². The SMILES string of the molecule is CCc1coc(-c2ccccc2C(=O)O)n1. The summed E-state index contributed by atoms with van der Waals surface area (Å²) in [4.78, 5) is 15.2. The van der Waals surface area contributed by atoms with Crippen molar-refractivity contribution in [1.82, 2.24) is 4.98 Å². The smallest absolute Gasteiger partial charge is 0.336 e. The van der Waals surface area contributed by atoms with Crippen LogP contribution in [0.5, 0.6) is 0 Å². The quantitative estimate of drug-likeness (QED) is 0.858. The van der Waals surface area contributed by atoms with Gasteiger partial charge in [-0.25, -0.2) is 9.78 Å². The fourth-order valence-electron chi connectivity index (χ4n) is 1.45. The Morgan fingerprint density at radius 2 is 2.19 bits per heavy atom. The van der Waals surface area contributed by atoms with Crippen LogP contribution >= 0.6 is 0 Å². The molecule has 0 bridgehead atoms. The summed E-state index contributed by atoms with van der Waals surface area (Å²) in [5.41, 5.74) is 1.52. The Kier molecular flexibility index (Phi) is 2.72. The number of benzene rings is 1. The van der Waals surface area contributed by atoms with Crippen molar-refractivity contribution in [3.05, 3.63) is 41.8 Å². The lowest BCUT2D eigenvalue weighted by atomic mass is 10.1. The number of hydrogen-bond donors (Lipinski definition) is 1. The van der Waals surface area contributed by atoms with Gasteiger partial charge in [-0.05, 0) is 18.6 Å². The molecule has 0 radical (unpaired) electrons. The van der Waals surface area contributed by atoms with E-state index >= 15 is 0 Å². The highest BCUT2D eigenvalue weighted by Gasteiger charge is 2.14. The van der Waals surface area contributed by atoms with E-state index in [1.54, 1.807) is 24.5 Å². The van der Waals surface area contributed by atoms with Gasteiger partial charge in [-0.1, -0.05) is 19.1 Å². The normalized spacial score (nSPS) is 10.3. The fraction of sp³-hybridized carbons (Fsp3) is 0.167. The maximum absolute atomic E-state index is 11.0. The Hall–Kier alpha value is -2.10. The lowest BCUT2D eigenvalue weighted by molar-refractivity contribution is 0.0697. The van der Waals surface area contributed by atoms with Crippen LogP contribution in [0.4, 0.5) is 0 Å². The van der Waals surface area contributed by atoms with Crippen molar-refractivity contribution in [1.29, 1.82) is 0 Å². The molecule has 4 nitrogen and oxygen atoms in total. The predicted molar refractivity (Wildman–Crippen MR) is 58.3 cm³/mol. The second-order valence-electron chi connectivity index (χ2n) is 3.35. The van der Waals surface area contributed by atoms with Crippen LogP contribution < -0.4 is 0 Å². The zero-order valence-corrected chi connectivity index (χ0v) is 8.80. The van der Waals surface area contributed by atoms with Gasteiger partial charge < -0.3 is 9.52 Å². The van der Waals surface area contributed by atoms with Gasteiger partial charge in [0.05, 0.1) is 16.8 Å². The van der Waals surface area contributed by atoms with Crippen LogP contribution in [0.25, 0.3) is 11.5 Å². The Labute approximate surface area is 92.6 Å². The topological polar surface area (TPSA) is 63.3 Å². The number of carboxylic acids is 1. The molecule has 0 unspecified atom stereocenters. The van der Waals surface area contributed by atoms with Gasteiger partial charge in [-0.3, -0.25) is 0 Å². The van der Waals surface area contributed by atoms with E-state index in [2.05, 4.69) is 4.98 Å². The lowest BCUT2D eigenvalue weighted by Gasteiger charge is -2.00. The first-order chi connectivity index (χ1) is 7.72. The van der Waals surface area contributed by atoms with Crippen LogP contribution in [0, 0.1) is 0 Å². The highest BCUT2D eigenvalue weighted by atomic mass is 16.4. The first kappa shape index (κ1) is 10.4. The Morgan fingerprint density at radius 1 is 1.44 bits per heavy atom. The molecule has 82 valence electrons. The van der Waals surface area contributed by atoms with Gasteiger partial charge in [0, 0.05) is 0 Å². The number of hydrogen-bond acceptors (Lipinski definition) is 3. The van der Waals surface area contributed by atoms with Crippen molar-refractivity contribution < 1.29 is 14.3 Å². The van der Waals surface area contributed by atoms with E-state index in [0.29, 0.717) is 11.5 Å². The zero-order valence-electron chi connectivity index (χ0n) is 8.80. The van der Waals surface area contributed by atoms with E-state index in [0.717, 1.165) is 12.1 Å². The summed E-state index contributed by atoms with van der Waals surface area (Å²) >= 11 is 0. The number of carbonyl (C=O) groups is 1. The third-order valence-electron chi connectivity index (χ3n) is 2.30. The molecule has 0 aliphatic heterocycles. The van der Waals surface area contributed by atoms with Gasteiger partial charge in [0.2, 0.25) is 5.89 Å². The third-order valence-corrected chi connectivity index (χ3v) is 2.30. The first-order valence-corrected chi connectivity index (χ1v) is 4.99. The van der Waals surface area contributed by atoms with Crippen molar-refractivity contribution in [3.8, 4) is 11.5 Å². The van der Waals surface area contributed by atoms with Crippen LogP contribution in [0.3, 0.4) is 0 Å². The number of aromatic nitrogens is 1. The van der Waals surface area contributed by atoms with Gasteiger partial charge in [-0.15, -0.1) is 0 Å². The highest BCUT2D eigenvalue weighted by Crippen LogP contribution is 2.23. The van der Waals surface area contributed by atoms with Gasteiger partial charge in [-0.2, -0.15) is 0 Å². The van der Waals surface area contributed by atoms with Crippen LogP contribution in [0.1, 0.15) is 23.0 Å². The molecule has 2 rings (SSSR count). The van der Waals surface area contributed by atoms with Gasteiger partial charge in [0.25, 0.3) is 0 Å². The van der Waals surface area contributed by atoms with Crippen LogP contribution in [0.15, 0.2) is 34.9 Å². The molecule has 0 atom stereocenters. The van der Waals surface area contributed by atoms with E-state index in [-0.39, 0.29) is 5.56 Å². The molecule has 0 fully saturated rings. The van der Waals surface area contributed by atoms with Crippen molar-refractivity contribution in [2.75, 3.05) is 0 Å². The summed E-state index contributed by atoms with van der Waals surface area (Å²) in [5, 5.41) is 9.02. The monoisotopic (exact) mass is 217 g/mol. The largest absolute Gasteiger partial charge is 0.478 e. The van der Waals surface area contributed by atoms with Crippen LogP contribution in [-0.4, -0.2) is 16.1 Å². The van der Waals surface area contributed by atoms with Gasteiger partial charge in [0.1, 0.15) is 6.26 Å². The van der Waals surface area contributed by atoms with E-state index in [9.17, 15) is 4.79 Å². The summed E-state index contributed by atoms with van der Waals surface area (Å²) in [6, 6.07) is 6.66. The minimum absolute atomic E-state index is 0.201. The summed E-state index contributed by atoms with van der Waals surface area (Å²) in [5.74, 6) is -0.623. The van der Waals surface area contributed by atoms with Crippen LogP contribution in [0.2, 0.25) is 0 Å². The van der Waals surface area contributed by atoms with Crippen molar-refractivity contribution in [2.45, 2.75) is 13.3 Å². The number of nitrogens with zero attached hydrogens (tertiary/aromatic N) is 1. The Balaban J connectivity index is 2.50. The van der Waals surface area contributed by atoms with E-state index < -0.39 is 5.97 Å². The molecular formula is C12H11NO3. The van der Waals surface area contributed by atoms with Crippen molar-refractivity contribution in [3.63, 3.8) is 0 Å². The number of rotatable bonds is 3. The standard InChI is InChI=1S/C12H11NO3/c1-2-8-7-16-11(13-8)9-5-3-4-6-10(9)12(14)15/h3-7H,2H2,1H3,(H,14,15). The Morgan fingerprint density at radius 3 is 2.81 bits per heavy atom. The number of aromatic carboxylic acids is 1. The second kappa shape index (κ2) is 4.18.